The van der Waals surface area contributed by atoms with Crippen LogP contribution in [0.25, 0.3) is 22.3 Å². The number of hydrogen-bond acceptors (Lipinski definition) is 4. The van der Waals surface area contributed by atoms with E-state index >= 15 is 0 Å². The molecule has 0 saturated carbocycles. The maximum absolute atomic E-state index is 12.9. The van der Waals surface area contributed by atoms with Crippen LogP contribution in [0.3, 0.4) is 0 Å². The van der Waals surface area contributed by atoms with Crippen molar-refractivity contribution >= 4 is 16.9 Å². The normalized spacial score (nSPS) is 18.0. The molecule has 0 radical (unpaired) electrons. The molecule has 0 aliphatic carbocycles. The summed E-state index contributed by atoms with van der Waals surface area (Å²) in [6.45, 7) is 3.81. The number of carbonyl (C=O) groups is 1. The maximum atomic E-state index is 12.9. The van der Waals surface area contributed by atoms with Gasteiger partial charge in [-0.25, -0.2) is 4.98 Å². The Morgan fingerprint density at radius 2 is 2.06 bits per heavy atom. The molecular formula is C26H26N6O. The number of fused-ring (bicyclic) bond motifs is 1. The Balaban J connectivity index is 1.21. The van der Waals surface area contributed by atoms with Gasteiger partial charge in [0.1, 0.15) is 0 Å². The molecule has 7 heteroatoms. The lowest BCUT2D eigenvalue weighted by atomic mass is 10.1. The molecule has 1 aromatic carbocycles. The zero-order valence-corrected chi connectivity index (χ0v) is 18.6. The minimum Gasteiger partial charge on any atom is -0.346 e. The van der Waals surface area contributed by atoms with E-state index in [2.05, 4.69) is 46.1 Å². The number of benzene rings is 1. The van der Waals surface area contributed by atoms with Crippen LogP contribution in [0.1, 0.15) is 30.9 Å². The predicted molar refractivity (Wildman–Crippen MR) is 126 cm³/mol. The predicted octanol–water partition coefficient (Wildman–Crippen LogP) is 4.17. The quantitative estimate of drug-likeness (QED) is 0.489. The van der Waals surface area contributed by atoms with Gasteiger partial charge >= 0.3 is 0 Å². The Kier molecular flexibility index (Phi) is 5.66. The lowest BCUT2D eigenvalue weighted by molar-refractivity contribution is -0.131. The highest BCUT2D eigenvalue weighted by molar-refractivity contribution is 5.79. The largest absolute Gasteiger partial charge is 0.346 e. The second kappa shape index (κ2) is 8.91. The van der Waals surface area contributed by atoms with Crippen molar-refractivity contribution in [3.8, 4) is 17.3 Å². The van der Waals surface area contributed by atoms with Gasteiger partial charge in [-0.05, 0) is 61.6 Å². The number of aryl methyl sites for hydroxylation is 1. The van der Waals surface area contributed by atoms with Gasteiger partial charge in [-0.2, -0.15) is 10.4 Å². The zero-order valence-electron chi connectivity index (χ0n) is 18.6. The summed E-state index contributed by atoms with van der Waals surface area (Å²) in [5.74, 6) is 0.626. The summed E-state index contributed by atoms with van der Waals surface area (Å²) in [4.78, 5) is 19.7. The van der Waals surface area contributed by atoms with E-state index < -0.39 is 0 Å². The number of rotatable bonds is 6. The summed E-state index contributed by atoms with van der Waals surface area (Å²) in [6, 6.07) is 16.1. The van der Waals surface area contributed by atoms with Crippen LogP contribution in [-0.2, 0) is 17.8 Å². The second-order valence-electron chi connectivity index (χ2n) is 8.86. The highest BCUT2D eigenvalue weighted by Crippen LogP contribution is 2.28. The van der Waals surface area contributed by atoms with Crippen molar-refractivity contribution in [3.63, 3.8) is 0 Å². The average molecular weight is 439 g/mol. The highest BCUT2D eigenvalue weighted by atomic mass is 16.2. The zero-order chi connectivity index (χ0) is 22.8. The van der Waals surface area contributed by atoms with E-state index in [1.165, 1.54) is 0 Å². The van der Waals surface area contributed by atoms with E-state index in [-0.39, 0.29) is 11.9 Å². The van der Waals surface area contributed by atoms with Gasteiger partial charge in [0.25, 0.3) is 0 Å². The van der Waals surface area contributed by atoms with E-state index in [1.807, 2.05) is 41.4 Å². The monoisotopic (exact) mass is 438 g/mol. The number of likely N-dealkylation sites (tertiary alicyclic amines) is 1. The maximum Gasteiger partial charge on any atom is 0.223 e. The molecule has 2 atom stereocenters. The number of hydrogen-bond donors (Lipinski definition) is 1. The smallest absolute Gasteiger partial charge is 0.223 e. The summed E-state index contributed by atoms with van der Waals surface area (Å²) in [5, 5.41) is 15.8. The number of aromatic nitrogens is 4. The molecule has 1 amide bonds. The Bertz CT molecular complexity index is 1300. The van der Waals surface area contributed by atoms with Crippen LogP contribution in [0.2, 0.25) is 0 Å². The van der Waals surface area contributed by atoms with Gasteiger partial charge in [0.15, 0.2) is 0 Å². The third-order valence-electron chi connectivity index (χ3n) is 6.57. The van der Waals surface area contributed by atoms with Crippen molar-refractivity contribution in [3.05, 3.63) is 72.2 Å². The molecule has 7 nitrogen and oxygen atoms in total. The lowest BCUT2D eigenvalue weighted by Crippen LogP contribution is -2.34. The van der Waals surface area contributed by atoms with Crippen molar-refractivity contribution in [1.82, 2.24) is 24.6 Å². The third kappa shape index (κ3) is 4.37. The molecule has 1 aliphatic heterocycles. The number of amides is 1. The molecule has 5 rings (SSSR count). The number of carbonyl (C=O) groups excluding carboxylic acids is 1. The molecule has 4 aromatic rings. The number of H-pyrrole nitrogens is 1. The molecule has 0 spiro atoms. The van der Waals surface area contributed by atoms with E-state index in [1.54, 1.807) is 6.20 Å². The van der Waals surface area contributed by atoms with Crippen LogP contribution in [0.15, 0.2) is 61.1 Å². The van der Waals surface area contributed by atoms with E-state index in [0.29, 0.717) is 24.3 Å². The van der Waals surface area contributed by atoms with Gasteiger partial charge in [0, 0.05) is 43.5 Å². The molecule has 0 unspecified atom stereocenters. The van der Waals surface area contributed by atoms with E-state index in [4.69, 9.17) is 10.2 Å². The summed E-state index contributed by atoms with van der Waals surface area (Å²) >= 11 is 0. The van der Waals surface area contributed by atoms with Crippen LogP contribution in [0, 0.1) is 17.2 Å². The topological polar surface area (TPSA) is 90.6 Å². The minimum atomic E-state index is 0.207. The van der Waals surface area contributed by atoms with Gasteiger partial charge in [-0.15, -0.1) is 0 Å². The molecule has 4 heterocycles. The Morgan fingerprint density at radius 1 is 1.21 bits per heavy atom. The molecule has 166 valence electrons. The van der Waals surface area contributed by atoms with Gasteiger partial charge in [0.2, 0.25) is 5.91 Å². The fraction of sp³-hybridized carbons (Fsp3) is 0.308. The summed E-state index contributed by atoms with van der Waals surface area (Å²) in [7, 11) is 0. The summed E-state index contributed by atoms with van der Waals surface area (Å²) < 4.78 is 2.25. The Morgan fingerprint density at radius 3 is 2.82 bits per heavy atom. The number of nitrogens with one attached hydrogen (secondary N) is 1. The minimum absolute atomic E-state index is 0.207. The van der Waals surface area contributed by atoms with E-state index in [0.717, 1.165) is 47.4 Å². The number of pyridine rings is 1. The highest BCUT2D eigenvalue weighted by Gasteiger charge is 2.32. The Hall–Kier alpha value is -3.92. The van der Waals surface area contributed by atoms with Crippen molar-refractivity contribution in [2.75, 3.05) is 6.54 Å². The van der Waals surface area contributed by atoms with Crippen molar-refractivity contribution in [2.45, 2.75) is 38.8 Å². The number of nitriles is 1. The van der Waals surface area contributed by atoms with Gasteiger partial charge in [-0.1, -0.05) is 12.1 Å². The molecule has 3 aromatic heterocycles. The van der Waals surface area contributed by atoms with Crippen molar-refractivity contribution in [2.24, 2.45) is 5.92 Å². The van der Waals surface area contributed by atoms with Crippen LogP contribution >= 0.6 is 0 Å². The van der Waals surface area contributed by atoms with Gasteiger partial charge in [0.05, 0.1) is 34.6 Å². The van der Waals surface area contributed by atoms with E-state index in [9.17, 15) is 4.79 Å². The number of aromatic amines is 1. The average Bonchev–Trinajstić information content (AvgIpc) is 3.58. The SMILES string of the molecule is C[C@H]1C[C@@H](Cn2ccc3nc(-c4cn[nH]c4)ccc32)CN1C(=O)CCc1ccc(C#N)cc1. The fourth-order valence-corrected chi connectivity index (χ4v) is 4.83. The van der Waals surface area contributed by atoms with Crippen LogP contribution in [0.4, 0.5) is 0 Å². The lowest BCUT2D eigenvalue weighted by Gasteiger charge is -2.21. The van der Waals surface area contributed by atoms with Gasteiger partial charge in [-0.3, -0.25) is 9.89 Å². The molecule has 1 fully saturated rings. The first kappa shape index (κ1) is 21.0. The van der Waals surface area contributed by atoms with Crippen LogP contribution in [-0.4, -0.2) is 43.1 Å². The molecule has 1 N–H and O–H groups in total. The number of nitrogens with zero attached hydrogens (tertiary/aromatic N) is 5. The standard InChI is InChI=1S/C26H26N6O/c1-18-12-21(17-32(18)26(33)9-6-19-2-4-20(13-27)5-3-19)16-31-11-10-24-25(31)8-7-23(30-24)22-14-28-29-15-22/h2-5,7-8,10-11,14-15,18,21H,6,9,12,16-17H2,1H3,(H,28,29)/t18-,21-/m0/s1. The molecular weight excluding hydrogens is 412 g/mol. The van der Waals surface area contributed by atoms with Crippen LogP contribution < -0.4 is 0 Å². The van der Waals surface area contributed by atoms with Crippen LogP contribution in [0.5, 0.6) is 0 Å². The fourth-order valence-electron chi connectivity index (χ4n) is 4.83. The first-order chi connectivity index (χ1) is 16.1. The molecule has 1 saturated heterocycles. The molecule has 1 aliphatic rings. The van der Waals surface area contributed by atoms with Crippen molar-refractivity contribution in [1.29, 1.82) is 5.26 Å². The molecule has 33 heavy (non-hydrogen) atoms. The summed E-state index contributed by atoms with van der Waals surface area (Å²) in [5.41, 5.74) is 5.70. The summed E-state index contributed by atoms with van der Waals surface area (Å²) in [6.07, 6.45) is 7.91. The second-order valence-corrected chi connectivity index (χ2v) is 8.86. The Labute approximate surface area is 192 Å². The molecule has 0 bridgehead atoms. The first-order valence-corrected chi connectivity index (χ1v) is 11.3. The first-order valence-electron chi connectivity index (χ1n) is 11.3. The van der Waals surface area contributed by atoms with Gasteiger partial charge < -0.3 is 9.47 Å². The third-order valence-corrected chi connectivity index (χ3v) is 6.57. The van der Waals surface area contributed by atoms with Crippen molar-refractivity contribution < 1.29 is 4.79 Å².